The van der Waals surface area contributed by atoms with Crippen molar-refractivity contribution in [1.29, 1.82) is 0 Å². The molecule has 2 nitrogen and oxygen atoms in total. The first-order valence-electron chi connectivity index (χ1n) is 31.3. The van der Waals surface area contributed by atoms with E-state index in [2.05, 4.69) is 0 Å². The van der Waals surface area contributed by atoms with Crippen molar-refractivity contribution in [3.05, 3.63) is 205 Å². The van der Waals surface area contributed by atoms with Gasteiger partial charge >= 0.3 is 0 Å². The average Bonchev–Trinajstić information content (AvgIpc) is 1.44. The van der Waals surface area contributed by atoms with Gasteiger partial charge in [-0.15, -0.1) is 0 Å². The van der Waals surface area contributed by atoms with Crippen LogP contribution in [0.2, 0.25) is 0 Å². The first kappa shape index (κ1) is 10.7. The molecule has 0 aliphatic heterocycles. The fourth-order valence-corrected chi connectivity index (χ4v) is 4.93. The Bertz CT molecular complexity index is 4190. The third-order valence-corrected chi connectivity index (χ3v) is 7.12. The second-order valence-corrected chi connectivity index (χ2v) is 10.0. The van der Waals surface area contributed by atoms with Crippen LogP contribution >= 0.6 is 0 Å². The third kappa shape index (κ3) is 5.43. The van der Waals surface area contributed by atoms with E-state index in [9.17, 15) is 17.8 Å². The van der Waals surface area contributed by atoms with E-state index in [-0.39, 0.29) is 4.90 Å². The minimum absolute atomic E-state index is 0.236. The van der Waals surface area contributed by atoms with Crippen molar-refractivity contribution in [1.82, 2.24) is 4.57 Å². The van der Waals surface area contributed by atoms with Crippen LogP contribution in [0.1, 0.15) is 46.6 Å². The fraction of sp³-hybridized carbons (Fsp3) is 0. The Morgan fingerprint density at radius 2 is 0.680 bits per heavy atom. The highest BCUT2D eigenvalue weighted by atomic mass is 15.1. The molecule has 0 spiro atoms. The van der Waals surface area contributed by atoms with Crippen LogP contribution in [0.4, 0.5) is 17.1 Å². The number of para-hydroxylation sites is 2. The van der Waals surface area contributed by atoms with Crippen LogP contribution in [-0.4, -0.2) is 4.57 Å². The van der Waals surface area contributed by atoms with Gasteiger partial charge < -0.3 is 9.47 Å². The summed E-state index contributed by atoms with van der Waals surface area (Å²) in [7, 11) is 0. The minimum Gasteiger partial charge on any atom is -0.311 e. The smallest absolute Gasteiger partial charge is 0.0651 e. The summed E-state index contributed by atoms with van der Waals surface area (Å²) in [5.74, 6) is 0. The number of anilines is 3. The molecular weight excluding hydrogens is 605 g/mol. The van der Waals surface area contributed by atoms with Gasteiger partial charge in [0.25, 0.3) is 0 Å². The Morgan fingerprint density at radius 3 is 1.14 bits per heavy atom. The van der Waals surface area contributed by atoms with Gasteiger partial charge in [-0.1, -0.05) is 145 Å². The summed E-state index contributed by atoms with van der Waals surface area (Å²) in [6.45, 7) is 0. The van der Waals surface area contributed by atoms with Crippen molar-refractivity contribution in [2.45, 2.75) is 0 Å². The molecule has 0 amide bonds. The number of rotatable bonds is 7. The first-order chi connectivity index (χ1) is 39.0. The Morgan fingerprint density at radius 1 is 0.320 bits per heavy atom. The molecule has 1 heterocycles. The highest BCUT2D eigenvalue weighted by Gasteiger charge is 2.15. The maximum absolute atomic E-state index is 9.66. The van der Waals surface area contributed by atoms with Gasteiger partial charge in [0, 0.05) is 33.5 Å². The summed E-state index contributed by atoms with van der Waals surface area (Å²) >= 11 is 0. The van der Waals surface area contributed by atoms with E-state index in [0.717, 1.165) is 0 Å². The Hall–Kier alpha value is -6.64. The van der Waals surface area contributed by atoms with Crippen LogP contribution in [0.5, 0.6) is 0 Å². The molecule has 8 aromatic carbocycles. The average molecular weight is 673 g/mol. The molecule has 1 aromatic heterocycles. The molecule has 2 heteroatoms. The third-order valence-electron chi connectivity index (χ3n) is 7.12. The molecule has 0 bridgehead atoms. The van der Waals surface area contributed by atoms with Gasteiger partial charge in [-0.25, -0.2) is 0 Å². The van der Waals surface area contributed by atoms with Crippen molar-refractivity contribution >= 4 is 38.9 Å². The molecule has 0 aliphatic rings. The lowest BCUT2D eigenvalue weighted by Crippen LogP contribution is -2.09. The fourth-order valence-electron chi connectivity index (χ4n) is 4.93. The van der Waals surface area contributed by atoms with Gasteiger partial charge in [0.1, 0.15) is 0 Å². The standard InChI is InChI=1S/C48H34N2/c1-3-12-35(13-4-1)37-22-28-41(29-23-37)49(42-30-24-38(25-31-42)36-14-5-2-6-15-36)43-32-26-39(27-33-43)40-16-11-17-44(34-40)50-47-20-9-7-18-45(47)46-19-8-10-21-48(46)50/h1-34H/i1D,2D,3D,4D,5D,6D,7D,8D,9D,10D,11D,12D,13D,14D,15D,16D,17D,18D,19D,20D,21D,22D,23D,24D,25D,26D,27D,28D,29D,30D,31D,32D,33D,34D. The summed E-state index contributed by atoms with van der Waals surface area (Å²) in [6.07, 6.45) is 0. The molecule has 50 heavy (non-hydrogen) atoms. The summed E-state index contributed by atoms with van der Waals surface area (Å²) in [5.41, 5.74) is -11.6. The van der Waals surface area contributed by atoms with E-state index in [1.807, 2.05) is 0 Å². The topological polar surface area (TPSA) is 8.17 Å². The summed E-state index contributed by atoms with van der Waals surface area (Å²) in [6, 6.07) is -37.0. The van der Waals surface area contributed by atoms with E-state index in [1.54, 1.807) is 0 Å². The lowest BCUT2D eigenvalue weighted by molar-refractivity contribution is 1.18. The molecule has 0 saturated carbocycles. The van der Waals surface area contributed by atoms with Gasteiger partial charge in [0.2, 0.25) is 0 Å². The second-order valence-electron chi connectivity index (χ2n) is 10.0. The van der Waals surface area contributed by atoms with Crippen molar-refractivity contribution in [3.8, 4) is 39.1 Å². The van der Waals surface area contributed by atoms with Crippen LogP contribution in [0.15, 0.2) is 205 Å². The van der Waals surface area contributed by atoms with Crippen LogP contribution < -0.4 is 4.90 Å². The maximum atomic E-state index is 9.66. The SMILES string of the molecule is [2H]c1c([2H])c([2H])c(-c2c([2H])c([2H])c(N(c3c([2H])c([2H])c(-c4c([2H])c([2H])c([2H])c([2H])c4[2H])c([2H])c3[2H])c3c([2H])c([2H])c(-c4c([2H])c([2H])c([2H])c(-n5c6c([2H])c([2H])c([2H])c([2H])c6c6c([2H])c([2H])c([2H])c([2H])c65)c4[2H])c([2H])c3[2H])c([2H])c2[2H])c([2H])c1[2H]. The predicted octanol–water partition coefficient (Wildman–Crippen LogP) is 13.3. The van der Waals surface area contributed by atoms with E-state index in [1.165, 1.54) is 0 Å². The molecule has 0 fully saturated rings. The molecule has 0 aliphatic carbocycles. The van der Waals surface area contributed by atoms with Gasteiger partial charge in [0.15, 0.2) is 0 Å². The first-order valence-corrected chi connectivity index (χ1v) is 14.3. The number of aromatic nitrogens is 1. The lowest BCUT2D eigenvalue weighted by atomic mass is 10.0. The molecule has 9 rings (SSSR count). The minimum atomic E-state index is -1.38. The largest absolute Gasteiger partial charge is 0.311 e. The van der Waals surface area contributed by atoms with Crippen molar-refractivity contribution in [2.75, 3.05) is 4.90 Å². The molecular formula is C48H34N2. The molecule has 236 valence electrons. The zero-order valence-corrected chi connectivity index (χ0v) is 24.9. The lowest BCUT2D eigenvalue weighted by Gasteiger charge is -2.26. The summed E-state index contributed by atoms with van der Waals surface area (Å²) < 4.78 is 303. The van der Waals surface area contributed by atoms with Crippen LogP contribution in [-0.2, 0) is 0 Å². The highest BCUT2D eigenvalue weighted by molar-refractivity contribution is 6.09. The Balaban J connectivity index is 1.44. The highest BCUT2D eigenvalue weighted by Crippen LogP contribution is 2.38. The second kappa shape index (κ2) is 12.8. The molecule has 0 N–H and O–H groups in total. The number of nitrogens with zero attached hydrogens (tertiary/aromatic N) is 2. The quantitative estimate of drug-likeness (QED) is 0.164. The molecule has 0 unspecified atom stereocenters. The normalized spacial score (nSPS) is 20.7. The maximum Gasteiger partial charge on any atom is 0.0651 e. The van der Waals surface area contributed by atoms with Crippen molar-refractivity contribution in [2.24, 2.45) is 0 Å². The van der Waals surface area contributed by atoms with Gasteiger partial charge in [0.05, 0.1) is 57.6 Å². The zero-order chi connectivity index (χ0) is 62.9. The van der Waals surface area contributed by atoms with Gasteiger partial charge in [-0.05, 0) is 93.8 Å². The van der Waals surface area contributed by atoms with Gasteiger partial charge in [-0.3, -0.25) is 0 Å². The van der Waals surface area contributed by atoms with Crippen LogP contribution in [0, 0.1) is 0 Å². The van der Waals surface area contributed by atoms with Crippen LogP contribution in [0.3, 0.4) is 0 Å². The molecule has 0 saturated heterocycles. The van der Waals surface area contributed by atoms with Crippen molar-refractivity contribution in [3.63, 3.8) is 0 Å². The Labute approximate surface area is 340 Å². The van der Waals surface area contributed by atoms with E-state index in [4.69, 9.17) is 28.8 Å². The van der Waals surface area contributed by atoms with Crippen molar-refractivity contribution < 1.29 is 46.6 Å². The molecule has 9 aromatic rings. The number of hydrogen-bond acceptors (Lipinski definition) is 1. The Kier molecular flexibility index (Phi) is 2.72. The zero-order valence-electron chi connectivity index (χ0n) is 58.9. The van der Waals surface area contributed by atoms with E-state index >= 15 is 0 Å². The number of fused-ring (bicyclic) bond motifs is 3. The monoisotopic (exact) mass is 672 g/mol. The molecule has 0 atom stereocenters. The van der Waals surface area contributed by atoms with E-state index in [0.29, 0.717) is 4.57 Å². The number of benzene rings is 8. The summed E-state index contributed by atoms with van der Waals surface area (Å²) in [5, 5.41) is -1.07. The number of hydrogen-bond donors (Lipinski definition) is 0. The summed E-state index contributed by atoms with van der Waals surface area (Å²) in [4.78, 5) is 0.236. The van der Waals surface area contributed by atoms with Crippen LogP contribution in [0.25, 0.3) is 60.9 Å². The predicted molar refractivity (Wildman–Crippen MR) is 212 cm³/mol. The van der Waals surface area contributed by atoms with Gasteiger partial charge in [-0.2, -0.15) is 0 Å². The molecule has 0 radical (unpaired) electrons. The van der Waals surface area contributed by atoms with E-state index < -0.39 is 283 Å².